The number of hydrogen-bond donors (Lipinski definition) is 1. The Morgan fingerprint density at radius 1 is 1.30 bits per heavy atom. The van der Waals surface area contributed by atoms with Gasteiger partial charge in [-0.3, -0.25) is 9.59 Å². The first kappa shape index (κ1) is 19.3. The Hall–Kier alpha value is -2.42. The van der Waals surface area contributed by atoms with E-state index in [0.717, 1.165) is 12.1 Å². The van der Waals surface area contributed by atoms with E-state index in [0.29, 0.717) is 0 Å². The van der Waals surface area contributed by atoms with Gasteiger partial charge in [-0.15, -0.1) is 5.10 Å². The van der Waals surface area contributed by atoms with Gasteiger partial charge in [0.25, 0.3) is 0 Å². The van der Waals surface area contributed by atoms with Crippen molar-refractivity contribution in [2.45, 2.75) is 51.8 Å². The lowest BCUT2D eigenvalue weighted by Crippen LogP contribution is -2.45. The lowest BCUT2D eigenvalue weighted by molar-refractivity contribution is -0.141. The maximum Gasteiger partial charge on any atom is 0.248 e. The van der Waals surface area contributed by atoms with Crippen molar-refractivity contribution in [1.82, 2.24) is 19.9 Å². The average molecular weight is 380 g/mol. The molecule has 1 fully saturated rings. The molecule has 2 aromatic rings. The highest BCUT2D eigenvalue weighted by molar-refractivity contribution is 5.91. The maximum atomic E-state index is 13.7. The molecule has 9 heteroatoms. The Kier molecular flexibility index (Phi) is 5.23. The van der Waals surface area contributed by atoms with Crippen molar-refractivity contribution in [2.75, 3.05) is 6.54 Å². The highest BCUT2D eigenvalue weighted by Crippen LogP contribution is 2.29. The molecule has 1 amide bonds. The summed E-state index contributed by atoms with van der Waals surface area (Å²) in [6.07, 6.45) is -0.327. The number of likely N-dealkylation sites (tertiary alicyclic amines) is 1. The second-order valence-electron chi connectivity index (χ2n) is 7.19. The molecule has 0 spiro atoms. The number of aliphatic hydroxyl groups excluding tert-OH is 1. The minimum Gasteiger partial charge on any atom is -0.391 e. The van der Waals surface area contributed by atoms with Crippen LogP contribution in [0.5, 0.6) is 0 Å². The molecule has 3 rings (SSSR count). The number of carbonyl (C=O) groups excluding carboxylic acids is 2. The van der Waals surface area contributed by atoms with Gasteiger partial charge in [-0.1, -0.05) is 26.0 Å². The molecular weight excluding hydrogens is 358 g/mol. The first-order valence-electron chi connectivity index (χ1n) is 8.95. The fourth-order valence-corrected chi connectivity index (χ4v) is 3.58. The van der Waals surface area contributed by atoms with Gasteiger partial charge in [-0.25, -0.2) is 13.5 Å². The summed E-state index contributed by atoms with van der Waals surface area (Å²) in [5.74, 6) is -2.88. The Morgan fingerprint density at radius 2 is 1.96 bits per heavy atom. The molecule has 27 heavy (non-hydrogen) atoms. The molecule has 0 bridgehead atoms. The summed E-state index contributed by atoms with van der Waals surface area (Å²) in [5.41, 5.74) is 0.328. The van der Waals surface area contributed by atoms with Gasteiger partial charge in [0.2, 0.25) is 5.91 Å². The zero-order valence-corrected chi connectivity index (χ0v) is 15.4. The molecule has 1 aromatic heterocycles. The van der Waals surface area contributed by atoms with Crippen LogP contribution in [0.15, 0.2) is 12.1 Å². The normalized spacial score (nSPS) is 21.2. The number of fused-ring (bicyclic) bond motifs is 1. The number of ketones is 1. The predicted molar refractivity (Wildman–Crippen MR) is 92.7 cm³/mol. The molecule has 0 radical (unpaired) electrons. The van der Waals surface area contributed by atoms with Crippen molar-refractivity contribution >= 4 is 22.7 Å². The number of hydrogen-bond acceptors (Lipinski definition) is 5. The summed E-state index contributed by atoms with van der Waals surface area (Å²) in [6.45, 7) is 5.34. The molecule has 0 aliphatic carbocycles. The molecule has 1 aromatic carbocycles. The second-order valence-corrected chi connectivity index (χ2v) is 7.19. The van der Waals surface area contributed by atoms with Crippen molar-refractivity contribution in [1.29, 1.82) is 0 Å². The SMILES string of the molecule is CCC(=O)[C@@H]1C[C@@H](O)CN1C(=O)[C@H](C(C)C)n1nnc2cc(F)c(F)cc21. The van der Waals surface area contributed by atoms with E-state index >= 15 is 0 Å². The summed E-state index contributed by atoms with van der Waals surface area (Å²) in [7, 11) is 0. The molecule has 3 atom stereocenters. The monoisotopic (exact) mass is 380 g/mol. The zero-order chi connectivity index (χ0) is 19.9. The molecule has 0 unspecified atom stereocenters. The van der Waals surface area contributed by atoms with Crippen molar-refractivity contribution < 1.29 is 23.5 Å². The first-order chi connectivity index (χ1) is 12.7. The molecule has 1 N–H and O–H groups in total. The van der Waals surface area contributed by atoms with Crippen molar-refractivity contribution in [3.05, 3.63) is 23.8 Å². The topological polar surface area (TPSA) is 88.3 Å². The van der Waals surface area contributed by atoms with E-state index in [4.69, 9.17) is 0 Å². The third-order valence-corrected chi connectivity index (χ3v) is 4.94. The minimum atomic E-state index is -1.06. The number of benzene rings is 1. The maximum absolute atomic E-state index is 13.7. The first-order valence-corrected chi connectivity index (χ1v) is 8.95. The van der Waals surface area contributed by atoms with Gasteiger partial charge in [-0.05, 0) is 5.92 Å². The number of carbonyl (C=O) groups is 2. The van der Waals surface area contributed by atoms with Crippen LogP contribution in [0, 0.1) is 17.6 Å². The largest absolute Gasteiger partial charge is 0.391 e. The molecule has 1 aliphatic rings. The van der Waals surface area contributed by atoms with Crippen molar-refractivity contribution in [3.8, 4) is 0 Å². The molecule has 0 saturated carbocycles. The van der Waals surface area contributed by atoms with Crippen LogP contribution in [-0.2, 0) is 9.59 Å². The quantitative estimate of drug-likeness (QED) is 0.855. The molecule has 1 saturated heterocycles. The van der Waals surface area contributed by atoms with E-state index in [-0.39, 0.29) is 42.1 Å². The van der Waals surface area contributed by atoms with E-state index < -0.39 is 35.7 Å². The molecule has 2 heterocycles. The van der Waals surface area contributed by atoms with Crippen LogP contribution in [0.4, 0.5) is 8.78 Å². The van der Waals surface area contributed by atoms with Gasteiger partial charge in [0.05, 0.1) is 17.7 Å². The highest BCUT2D eigenvalue weighted by atomic mass is 19.2. The minimum absolute atomic E-state index is 0.0497. The van der Waals surface area contributed by atoms with Crippen LogP contribution >= 0.6 is 0 Å². The van der Waals surface area contributed by atoms with Crippen molar-refractivity contribution in [3.63, 3.8) is 0 Å². The van der Waals surface area contributed by atoms with Crippen LogP contribution in [0.1, 0.15) is 39.7 Å². The Balaban J connectivity index is 2.02. The third-order valence-electron chi connectivity index (χ3n) is 4.94. The van der Waals surface area contributed by atoms with Gasteiger partial charge >= 0.3 is 0 Å². The summed E-state index contributed by atoms with van der Waals surface area (Å²) in [4.78, 5) is 26.8. The second kappa shape index (κ2) is 7.30. The number of amides is 1. The Labute approximate surface area is 154 Å². The van der Waals surface area contributed by atoms with Crippen LogP contribution in [0.2, 0.25) is 0 Å². The number of Topliss-reactive ketones (excluding diaryl/α,β-unsaturated/α-hetero) is 1. The van der Waals surface area contributed by atoms with Gasteiger partial charge in [0.15, 0.2) is 17.4 Å². The average Bonchev–Trinajstić information content (AvgIpc) is 3.18. The number of aliphatic hydroxyl groups is 1. The van der Waals surface area contributed by atoms with Gasteiger partial charge in [-0.2, -0.15) is 0 Å². The van der Waals surface area contributed by atoms with Crippen LogP contribution in [0.3, 0.4) is 0 Å². The summed E-state index contributed by atoms with van der Waals surface area (Å²) < 4.78 is 28.4. The van der Waals surface area contributed by atoms with E-state index in [1.807, 2.05) is 0 Å². The van der Waals surface area contributed by atoms with E-state index in [1.165, 1.54) is 9.58 Å². The van der Waals surface area contributed by atoms with Crippen LogP contribution in [-0.4, -0.2) is 55.4 Å². The summed E-state index contributed by atoms with van der Waals surface area (Å²) >= 11 is 0. The highest BCUT2D eigenvalue weighted by Gasteiger charge is 2.42. The number of nitrogens with zero attached hydrogens (tertiary/aromatic N) is 4. The van der Waals surface area contributed by atoms with Crippen LogP contribution in [0.25, 0.3) is 11.0 Å². The number of aromatic nitrogens is 3. The van der Waals surface area contributed by atoms with E-state index in [2.05, 4.69) is 10.3 Å². The Bertz CT molecular complexity index is 883. The molecular formula is C18H22F2N4O3. The fourth-order valence-electron chi connectivity index (χ4n) is 3.58. The molecule has 146 valence electrons. The van der Waals surface area contributed by atoms with Gasteiger partial charge in [0.1, 0.15) is 11.6 Å². The smallest absolute Gasteiger partial charge is 0.248 e. The van der Waals surface area contributed by atoms with E-state index in [9.17, 15) is 23.5 Å². The van der Waals surface area contributed by atoms with Gasteiger partial charge in [0, 0.05) is 31.5 Å². The summed E-state index contributed by atoms with van der Waals surface area (Å²) in [5, 5.41) is 17.8. The lowest BCUT2D eigenvalue weighted by Gasteiger charge is -2.29. The van der Waals surface area contributed by atoms with E-state index in [1.54, 1.807) is 20.8 Å². The Morgan fingerprint density at radius 3 is 2.59 bits per heavy atom. The lowest BCUT2D eigenvalue weighted by atomic mass is 10.0. The number of β-amino-alcohol motifs (C(OH)–C–C–N with tert-alkyl or cyclic N) is 1. The molecule has 7 nitrogen and oxygen atoms in total. The number of rotatable bonds is 5. The standard InChI is InChI=1S/C18H22F2N4O3/c1-4-16(26)15-5-10(25)8-23(15)18(27)17(9(2)3)24-14-7-12(20)11(19)6-13(14)21-22-24/h6-7,9-10,15,17,25H,4-5,8H2,1-3H3/t10-,15+,17+/m1/s1. The summed E-state index contributed by atoms with van der Waals surface area (Å²) in [6, 6.07) is 0.333. The zero-order valence-electron chi connectivity index (χ0n) is 15.4. The molecule has 1 aliphatic heterocycles. The third kappa shape index (κ3) is 3.43. The number of halogens is 2. The van der Waals surface area contributed by atoms with Gasteiger partial charge < -0.3 is 10.0 Å². The van der Waals surface area contributed by atoms with Crippen LogP contribution < -0.4 is 0 Å². The fraction of sp³-hybridized carbons (Fsp3) is 0.556. The predicted octanol–water partition coefficient (Wildman–Crippen LogP) is 1.85. The van der Waals surface area contributed by atoms with Crippen molar-refractivity contribution in [2.24, 2.45) is 5.92 Å².